The standard InChI is InChI=1S/C62H39N5O/c1-3-17-41(18-4-1)61-63-64-62(42-19-5-2-6-20-42)67(61)56-31-16-28-50-48-25-9-12-29-53(48)66(59(50)56)44-35-33-40(34-36-44)46-23-7-8-24-47(46)43-21-15-22-45(39-43)65-54-30-13-10-27-52(54)58-55(65)38-37-51-49-26-11-14-32-57(49)68-60(51)58/h1-39H. The Kier molecular flexibility index (Phi) is 8.48. The molecule has 0 unspecified atom stereocenters. The lowest BCUT2D eigenvalue weighted by Gasteiger charge is -2.16. The van der Waals surface area contributed by atoms with Crippen molar-refractivity contribution in [2.75, 3.05) is 0 Å². The van der Waals surface area contributed by atoms with Gasteiger partial charge in [-0.15, -0.1) is 10.2 Å². The first kappa shape index (κ1) is 38.1. The number of benzene rings is 10. The molecule has 0 saturated heterocycles. The number of hydrogen-bond acceptors (Lipinski definition) is 3. The summed E-state index contributed by atoms with van der Waals surface area (Å²) in [6.07, 6.45) is 0. The van der Waals surface area contributed by atoms with Crippen LogP contribution in [-0.2, 0) is 0 Å². The summed E-state index contributed by atoms with van der Waals surface area (Å²) in [6.45, 7) is 0. The zero-order valence-corrected chi connectivity index (χ0v) is 36.7. The number of rotatable bonds is 7. The average Bonchev–Trinajstić information content (AvgIpc) is 4.19. The van der Waals surface area contributed by atoms with Gasteiger partial charge in [-0.1, -0.05) is 176 Å². The molecule has 0 aliphatic rings. The quantitative estimate of drug-likeness (QED) is 0.160. The second-order valence-electron chi connectivity index (χ2n) is 17.4. The Morgan fingerprint density at radius 3 is 1.63 bits per heavy atom. The van der Waals surface area contributed by atoms with E-state index in [4.69, 9.17) is 14.6 Å². The van der Waals surface area contributed by atoms with Gasteiger partial charge in [-0.25, -0.2) is 0 Å². The highest BCUT2D eigenvalue weighted by molar-refractivity contribution is 6.24. The van der Waals surface area contributed by atoms with Crippen molar-refractivity contribution in [1.82, 2.24) is 23.9 Å². The molecule has 6 heteroatoms. The van der Waals surface area contributed by atoms with Crippen LogP contribution in [0.1, 0.15) is 0 Å². The van der Waals surface area contributed by atoms with Crippen LogP contribution in [-0.4, -0.2) is 23.9 Å². The van der Waals surface area contributed by atoms with E-state index in [2.05, 4.69) is 232 Å². The predicted octanol–water partition coefficient (Wildman–Crippen LogP) is 16.0. The summed E-state index contributed by atoms with van der Waals surface area (Å²) in [6, 6.07) is 84.0. The SMILES string of the molecule is c1ccc(-c2nnc(-c3ccccc3)n2-c2cccc3c4ccccc4n(-c4ccc(-c5ccccc5-c5cccc(-n6c7ccccc7c7c8oc9ccccc9c8ccc76)c5)cc4)c23)cc1. The number of fused-ring (bicyclic) bond motifs is 10. The van der Waals surface area contributed by atoms with Crippen LogP contribution in [0.5, 0.6) is 0 Å². The van der Waals surface area contributed by atoms with Gasteiger partial charge in [0, 0.05) is 49.4 Å². The van der Waals surface area contributed by atoms with Gasteiger partial charge in [-0.3, -0.25) is 4.57 Å². The van der Waals surface area contributed by atoms with Crippen molar-refractivity contribution in [2.24, 2.45) is 0 Å². The number of nitrogens with zero attached hydrogens (tertiary/aromatic N) is 5. The molecule has 0 bridgehead atoms. The summed E-state index contributed by atoms with van der Waals surface area (Å²) < 4.78 is 13.6. The summed E-state index contributed by atoms with van der Waals surface area (Å²) in [5.74, 6) is 1.57. The van der Waals surface area contributed by atoms with E-state index >= 15 is 0 Å². The third-order valence-corrected chi connectivity index (χ3v) is 13.6. The fraction of sp³-hybridized carbons (Fsp3) is 0. The van der Waals surface area contributed by atoms with Gasteiger partial charge < -0.3 is 13.6 Å². The Balaban J connectivity index is 0.904. The Morgan fingerprint density at radius 2 is 0.897 bits per heavy atom. The molecule has 14 aromatic rings. The second kappa shape index (κ2) is 15.2. The van der Waals surface area contributed by atoms with Crippen molar-refractivity contribution >= 4 is 65.6 Å². The maximum Gasteiger partial charge on any atom is 0.168 e. The molecule has 318 valence electrons. The third kappa shape index (κ3) is 5.77. The summed E-state index contributed by atoms with van der Waals surface area (Å²) in [4.78, 5) is 0. The summed E-state index contributed by atoms with van der Waals surface area (Å²) >= 11 is 0. The Hall–Kier alpha value is -9.26. The van der Waals surface area contributed by atoms with Crippen molar-refractivity contribution in [1.29, 1.82) is 0 Å². The molecule has 0 saturated carbocycles. The van der Waals surface area contributed by atoms with Crippen molar-refractivity contribution in [3.05, 3.63) is 237 Å². The van der Waals surface area contributed by atoms with Gasteiger partial charge in [-0.05, 0) is 82.9 Å². The van der Waals surface area contributed by atoms with E-state index in [1.165, 1.54) is 10.8 Å². The van der Waals surface area contributed by atoms with Crippen molar-refractivity contribution in [3.8, 4) is 62.1 Å². The highest BCUT2D eigenvalue weighted by Crippen LogP contribution is 2.43. The molecule has 0 aliphatic heterocycles. The highest BCUT2D eigenvalue weighted by Gasteiger charge is 2.24. The first-order chi connectivity index (χ1) is 33.8. The van der Waals surface area contributed by atoms with Gasteiger partial charge in [0.1, 0.15) is 11.2 Å². The first-order valence-electron chi connectivity index (χ1n) is 23.0. The zero-order valence-electron chi connectivity index (χ0n) is 36.7. The van der Waals surface area contributed by atoms with E-state index in [0.29, 0.717) is 0 Å². The van der Waals surface area contributed by atoms with Crippen LogP contribution in [0, 0.1) is 0 Å². The highest BCUT2D eigenvalue weighted by atomic mass is 16.3. The molecule has 0 aliphatic carbocycles. The molecule has 4 aromatic heterocycles. The molecule has 0 spiro atoms. The van der Waals surface area contributed by atoms with E-state index in [0.717, 1.165) is 117 Å². The van der Waals surface area contributed by atoms with Crippen LogP contribution in [0.15, 0.2) is 241 Å². The molecule has 10 aromatic carbocycles. The van der Waals surface area contributed by atoms with Crippen LogP contribution in [0.2, 0.25) is 0 Å². The van der Waals surface area contributed by atoms with E-state index in [9.17, 15) is 0 Å². The van der Waals surface area contributed by atoms with Crippen LogP contribution in [0.25, 0.3) is 128 Å². The van der Waals surface area contributed by atoms with Crippen molar-refractivity contribution < 1.29 is 4.42 Å². The third-order valence-electron chi connectivity index (χ3n) is 13.6. The molecular formula is C62H39N5O. The molecule has 0 amide bonds. The van der Waals surface area contributed by atoms with Crippen molar-refractivity contribution in [2.45, 2.75) is 0 Å². The first-order valence-corrected chi connectivity index (χ1v) is 23.0. The average molecular weight is 870 g/mol. The number of para-hydroxylation sites is 4. The van der Waals surface area contributed by atoms with Gasteiger partial charge in [0.2, 0.25) is 0 Å². The minimum absolute atomic E-state index is 0.784. The van der Waals surface area contributed by atoms with Gasteiger partial charge in [-0.2, -0.15) is 0 Å². The molecule has 0 N–H and O–H groups in total. The second-order valence-corrected chi connectivity index (χ2v) is 17.4. The number of aromatic nitrogens is 5. The van der Waals surface area contributed by atoms with E-state index in [1.54, 1.807) is 0 Å². The Morgan fingerprint density at radius 1 is 0.324 bits per heavy atom. The van der Waals surface area contributed by atoms with Crippen LogP contribution in [0.3, 0.4) is 0 Å². The lowest BCUT2D eigenvalue weighted by atomic mass is 9.94. The van der Waals surface area contributed by atoms with E-state index in [-0.39, 0.29) is 0 Å². The number of furan rings is 1. The largest absolute Gasteiger partial charge is 0.455 e. The van der Waals surface area contributed by atoms with Gasteiger partial charge in [0.15, 0.2) is 11.6 Å². The molecule has 4 heterocycles. The Labute approximate surface area is 390 Å². The predicted molar refractivity (Wildman–Crippen MR) is 279 cm³/mol. The molecule has 6 nitrogen and oxygen atoms in total. The minimum Gasteiger partial charge on any atom is -0.455 e. The monoisotopic (exact) mass is 869 g/mol. The van der Waals surface area contributed by atoms with E-state index in [1.807, 2.05) is 18.2 Å². The molecule has 68 heavy (non-hydrogen) atoms. The van der Waals surface area contributed by atoms with Crippen LogP contribution in [0.4, 0.5) is 0 Å². The van der Waals surface area contributed by atoms with Crippen LogP contribution < -0.4 is 0 Å². The smallest absolute Gasteiger partial charge is 0.168 e. The van der Waals surface area contributed by atoms with Crippen molar-refractivity contribution in [3.63, 3.8) is 0 Å². The normalized spacial score (nSPS) is 11.8. The Bertz CT molecular complexity index is 4190. The van der Waals surface area contributed by atoms with Gasteiger partial charge in [0.05, 0.1) is 33.1 Å². The van der Waals surface area contributed by atoms with Crippen LogP contribution >= 0.6 is 0 Å². The summed E-state index contributed by atoms with van der Waals surface area (Å²) in [5.41, 5.74) is 16.0. The van der Waals surface area contributed by atoms with Gasteiger partial charge in [0.25, 0.3) is 0 Å². The lowest BCUT2D eigenvalue weighted by molar-refractivity contribution is 0.673. The summed E-state index contributed by atoms with van der Waals surface area (Å²) in [5, 5.41) is 16.6. The lowest BCUT2D eigenvalue weighted by Crippen LogP contribution is -2.04. The molecular weight excluding hydrogens is 831 g/mol. The maximum atomic E-state index is 6.60. The summed E-state index contributed by atoms with van der Waals surface area (Å²) in [7, 11) is 0. The molecule has 0 radical (unpaired) electrons. The minimum atomic E-state index is 0.784. The zero-order chi connectivity index (χ0) is 44.7. The topological polar surface area (TPSA) is 53.7 Å². The molecule has 14 rings (SSSR count). The fourth-order valence-corrected chi connectivity index (χ4v) is 10.6. The fourth-order valence-electron chi connectivity index (χ4n) is 10.6. The van der Waals surface area contributed by atoms with Gasteiger partial charge >= 0.3 is 0 Å². The molecule has 0 fully saturated rings. The maximum absolute atomic E-state index is 6.60. The van der Waals surface area contributed by atoms with E-state index < -0.39 is 0 Å². The molecule has 0 atom stereocenters. The number of hydrogen-bond donors (Lipinski definition) is 0.